The second-order valence-electron chi connectivity index (χ2n) is 6.22. The lowest BCUT2D eigenvalue weighted by molar-refractivity contribution is -0.110. The number of carbonyl (C=O) groups excluding carboxylic acids is 1. The summed E-state index contributed by atoms with van der Waals surface area (Å²) in [5, 5.41) is 8.48. The Hall–Kier alpha value is -3.74. The molecule has 2 aromatic carbocycles. The maximum atomic E-state index is 14.4. The van der Waals surface area contributed by atoms with Crippen LogP contribution >= 0.6 is 0 Å². The molecular formula is C21H16F2N4O. The fourth-order valence-corrected chi connectivity index (χ4v) is 2.94. The van der Waals surface area contributed by atoms with Gasteiger partial charge in [-0.1, -0.05) is 6.07 Å². The summed E-state index contributed by atoms with van der Waals surface area (Å²) in [6.45, 7) is 0.465. The summed E-state index contributed by atoms with van der Waals surface area (Å²) in [5.74, 6) is -1.35. The van der Waals surface area contributed by atoms with E-state index in [-0.39, 0.29) is 11.1 Å². The molecule has 0 saturated carbocycles. The highest BCUT2D eigenvalue weighted by Crippen LogP contribution is 2.33. The van der Waals surface area contributed by atoms with Crippen molar-refractivity contribution in [1.29, 1.82) is 0 Å². The van der Waals surface area contributed by atoms with Gasteiger partial charge < -0.3 is 16.0 Å². The molecule has 0 bridgehead atoms. The second-order valence-corrected chi connectivity index (χ2v) is 6.22. The number of rotatable bonds is 5. The first kappa shape index (κ1) is 17.7. The van der Waals surface area contributed by atoms with Gasteiger partial charge in [0.2, 0.25) is 0 Å². The van der Waals surface area contributed by atoms with Crippen molar-refractivity contribution in [2.45, 2.75) is 6.54 Å². The zero-order valence-corrected chi connectivity index (χ0v) is 14.7. The third-order valence-electron chi connectivity index (χ3n) is 4.36. The third kappa shape index (κ3) is 3.55. The van der Waals surface area contributed by atoms with Crippen molar-refractivity contribution in [3.63, 3.8) is 0 Å². The van der Waals surface area contributed by atoms with Gasteiger partial charge >= 0.3 is 0 Å². The minimum atomic E-state index is -0.495. The molecule has 3 aromatic rings. The van der Waals surface area contributed by atoms with Crippen LogP contribution in [0.25, 0.3) is 5.57 Å². The van der Waals surface area contributed by atoms with E-state index >= 15 is 0 Å². The van der Waals surface area contributed by atoms with Crippen LogP contribution < -0.4 is 16.0 Å². The normalized spacial score (nSPS) is 13.9. The highest BCUT2D eigenvalue weighted by Gasteiger charge is 2.27. The summed E-state index contributed by atoms with van der Waals surface area (Å²) in [4.78, 5) is 16.0. The van der Waals surface area contributed by atoms with E-state index in [9.17, 15) is 13.6 Å². The fraction of sp³-hybridized carbons (Fsp3) is 0.0476. The van der Waals surface area contributed by atoms with Crippen LogP contribution in [0.1, 0.15) is 11.1 Å². The number of halogens is 2. The predicted octanol–water partition coefficient (Wildman–Crippen LogP) is 4.38. The molecule has 5 nitrogen and oxygen atoms in total. The first-order valence-corrected chi connectivity index (χ1v) is 8.61. The number of benzene rings is 2. The Morgan fingerprint density at radius 3 is 2.64 bits per heavy atom. The minimum Gasteiger partial charge on any atom is -0.379 e. The van der Waals surface area contributed by atoms with E-state index in [2.05, 4.69) is 20.9 Å². The van der Waals surface area contributed by atoms with Crippen LogP contribution in [0.3, 0.4) is 0 Å². The van der Waals surface area contributed by atoms with Gasteiger partial charge in [-0.15, -0.1) is 0 Å². The van der Waals surface area contributed by atoms with Gasteiger partial charge in [0.05, 0.1) is 16.9 Å². The number of hydrogen-bond donors (Lipinski definition) is 3. The van der Waals surface area contributed by atoms with Gasteiger partial charge in [0.1, 0.15) is 11.6 Å². The van der Waals surface area contributed by atoms with Gasteiger partial charge in [-0.25, -0.2) is 8.78 Å². The molecule has 0 aliphatic carbocycles. The lowest BCUT2D eigenvalue weighted by atomic mass is 10.1. The number of anilines is 3. The molecule has 2 heterocycles. The van der Waals surface area contributed by atoms with E-state index < -0.39 is 17.5 Å². The van der Waals surface area contributed by atoms with Gasteiger partial charge in [0.25, 0.3) is 5.91 Å². The molecule has 3 N–H and O–H groups in total. The summed E-state index contributed by atoms with van der Waals surface area (Å²) in [6.07, 6.45) is 4.73. The Labute approximate surface area is 160 Å². The quantitative estimate of drug-likeness (QED) is 0.577. The van der Waals surface area contributed by atoms with E-state index in [1.165, 1.54) is 24.4 Å². The Kier molecular flexibility index (Phi) is 4.72. The Morgan fingerprint density at radius 2 is 1.86 bits per heavy atom. The molecule has 140 valence electrons. The second kappa shape index (κ2) is 7.48. The van der Waals surface area contributed by atoms with E-state index in [4.69, 9.17) is 0 Å². The number of fused-ring (bicyclic) bond motifs is 1. The zero-order valence-electron chi connectivity index (χ0n) is 14.7. The molecule has 0 fully saturated rings. The zero-order chi connectivity index (χ0) is 19.5. The number of pyridine rings is 1. The van der Waals surface area contributed by atoms with Crippen molar-refractivity contribution in [2.75, 3.05) is 16.0 Å². The maximum absolute atomic E-state index is 14.4. The van der Waals surface area contributed by atoms with Crippen molar-refractivity contribution in [2.24, 2.45) is 0 Å². The van der Waals surface area contributed by atoms with Gasteiger partial charge in [0, 0.05) is 36.4 Å². The molecule has 1 amide bonds. The molecule has 7 heteroatoms. The smallest absolute Gasteiger partial charge is 0.257 e. The molecule has 0 atom stereocenters. The molecule has 0 radical (unpaired) electrons. The standard InChI is InChI=1S/C21H16F2N4O/c22-16-2-1-3-19-20(16)15(21(28)27-19)12-25-14-4-5-18(17(23)10-14)26-11-13-6-8-24-9-7-13/h1-10,12,25-26H,11H2,(H,27,28). The van der Waals surface area contributed by atoms with Crippen molar-refractivity contribution in [1.82, 2.24) is 4.98 Å². The average Bonchev–Trinajstić information content (AvgIpc) is 3.03. The number of aromatic nitrogens is 1. The minimum absolute atomic E-state index is 0.161. The Balaban J connectivity index is 1.49. The van der Waals surface area contributed by atoms with Crippen LogP contribution in [-0.2, 0) is 11.3 Å². The molecule has 28 heavy (non-hydrogen) atoms. The molecule has 4 rings (SSSR count). The average molecular weight is 378 g/mol. The van der Waals surface area contributed by atoms with Crippen LogP contribution in [0.2, 0.25) is 0 Å². The topological polar surface area (TPSA) is 66.1 Å². The van der Waals surface area contributed by atoms with E-state index in [1.54, 1.807) is 30.6 Å². The van der Waals surface area contributed by atoms with Gasteiger partial charge in [-0.3, -0.25) is 9.78 Å². The van der Waals surface area contributed by atoms with Crippen molar-refractivity contribution < 1.29 is 13.6 Å². The molecule has 1 aromatic heterocycles. The molecule has 0 spiro atoms. The lowest BCUT2D eigenvalue weighted by Crippen LogP contribution is -2.05. The summed E-state index contributed by atoms with van der Waals surface area (Å²) >= 11 is 0. The van der Waals surface area contributed by atoms with Crippen LogP contribution in [0.4, 0.5) is 25.8 Å². The first-order valence-electron chi connectivity index (χ1n) is 8.61. The summed E-state index contributed by atoms with van der Waals surface area (Å²) < 4.78 is 28.4. The first-order chi connectivity index (χ1) is 13.6. The van der Waals surface area contributed by atoms with Crippen LogP contribution in [0.15, 0.2) is 67.1 Å². The Morgan fingerprint density at radius 1 is 1.04 bits per heavy atom. The molecule has 0 saturated heterocycles. The molecule has 1 aliphatic rings. The maximum Gasteiger partial charge on any atom is 0.257 e. The molecule has 0 unspecified atom stereocenters. The van der Waals surface area contributed by atoms with Crippen molar-refractivity contribution in [3.05, 3.63) is 89.9 Å². The third-order valence-corrected chi connectivity index (χ3v) is 4.36. The number of nitrogens with zero attached hydrogens (tertiary/aromatic N) is 1. The largest absolute Gasteiger partial charge is 0.379 e. The number of nitrogens with one attached hydrogen (secondary N) is 3. The fourth-order valence-electron chi connectivity index (χ4n) is 2.94. The molecular weight excluding hydrogens is 362 g/mol. The molecule has 1 aliphatic heterocycles. The van der Waals surface area contributed by atoms with Crippen molar-refractivity contribution in [3.8, 4) is 0 Å². The van der Waals surface area contributed by atoms with Crippen LogP contribution in [0.5, 0.6) is 0 Å². The summed E-state index contributed by atoms with van der Waals surface area (Å²) in [7, 11) is 0. The summed E-state index contributed by atoms with van der Waals surface area (Å²) in [6, 6.07) is 12.7. The number of carbonyl (C=O) groups is 1. The highest BCUT2D eigenvalue weighted by molar-refractivity contribution is 6.31. The monoisotopic (exact) mass is 378 g/mol. The Bertz CT molecular complexity index is 1070. The van der Waals surface area contributed by atoms with Gasteiger partial charge in [-0.2, -0.15) is 0 Å². The number of amides is 1. The van der Waals surface area contributed by atoms with E-state index in [0.717, 1.165) is 5.56 Å². The van der Waals surface area contributed by atoms with Gasteiger partial charge in [-0.05, 0) is 48.0 Å². The van der Waals surface area contributed by atoms with Crippen LogP contribution in [0, 0.1) is 11.6 Å². The predicted molar refractivity (Wildman–Crippen MR) is 105 cm³/mol. The SMILES string of the molecule is O=C1Nc2cccc(F)c2C1=CNc1ccc(NCc2ccncc2)c(F)c1. The summed E-state index contributed by atoms with van der Waals surface area (Å²) in [5.41, 5.74) is 2.56. The van der Waals surface area contributed by atoms with Gasteiger partial charge in [0.15, 0.2) is 0 Å². The van der Waals surface area contributed by atoms with E-state index in [1.807, 2.05) is 12.1 Å². The van der Waals surface area contributed by atoms with Crippen LogP contribution in [-0.4, -0.2) is 10.9 Å². The van der Waals surface area contributed by atoms with Crippen molar-refractivity contribution >= 4 is 28.5 Å². The number of hydrogen-bond acceptors (Lipinski definition) is 4. The van der Waals surface area contributed by atoms with E-state index in [0.29, 0.717) is 23.6 Å². The lowest BCUT2D eigenvalue weighted by Gasteiger charge is -2.09. The highest BCUT2D eigenvalue weighted by atomic mass is 19.1.